The van der Waals surface area contributed by atoms with Crippen molar-refractivity contribution in [2.75, 3.05) is 38.3 Å². The van der Waals surface area contributed by atoms with Crippen molar-refractivity contribution >= 4 is 35.2 Å². The molecule has 0 spiro atoms. The fourth-order valence-corrected chi connectivity index (χ4v) is 4.01. The number of anilines is 1. The summed E-state index contributed by atoms with van der Waals surface area (Å²) >= 11 is 1.45. The molecule has 1 aliphatic heterocycles. The molecule has 0 atom stereocenters. The van der Waals surface area contributed by atoms with Crippen LogP contribution < -0.4 is 15.4 Å². The number of para-hydroxylation sites is 2. The van der Waals surface area contributed by atoms with Gasteiger partial charge in [0.05, 0.1) is 18.4 Å². The van der Waals surface area contributed by atoms with Gasteiger partial charge >= 0.3 is 11.8 Å². The molecule has 1 fully saturated rings. The van der Waals surface area contributed by atoms with E-state index >= 15 is 0 Å². The lowest BCUT2D eigenvalue weighted by atomic mass is 9.96. The van der Waals surface area contributed by atoms with Gasteiger partial charge in [0.2, 0.25) is 0 Å². The third-order valence-electron chi connectivity index (χ3n) is 5.21. The highest BCUT2D eigenvalue weighted by Gasteiger charge is 2.26. The Morgan fingerprint density at radius 3 is 2.58 bits per heavy atom. The summed E-state index contributed by atoms with van der Waals surface area (Å²) in [4.78, 5) is 43.2. The van der Waals surface area contributed by atoms with Crippen LogP contribution in [0.25, 0.3) is 0 Å². The number of aromatic nitrogens is 1. The van der Waals surface area contributed by atoms with Crippen LogP contribution in [0, 0.1) is 5.92 Å². The fourth-order valence-electron chi connectivity index (χ4n) is 3.47. The quantitative estimate of drug-likeness (QED) is 0.526. The molecule has 1 saturated heterocycles. The van der Waals surface area contributed by atoms with E-state index in [2.05, 4.69) is 15.6 Å². The van der Waals surface area contributed by atoms with Crippen LogP contribution in [0.1, 0.15) is 23.2 Å². The van der Waals surface area contributed by atoms with Crippen molar-refractivity contribution in [3.8, 4) is 5.75 Å². The maximum absolute atomic E-state index is 12.8. The minimum Gasteiger partial charge on any atom is -0.495 e. The lowest BCUT2D eigenvalue weighted by molar-refractivity contribution is -0.136. The van der Waals surface area contributed by atoms with Gasteiger partial charge in [-0.3, -0.25) is 14.4 Å². The van der Waals surface area contributed by atoms with Crippen molar-refractivity contribution in [3.05, 3.63) is 48.2 Å². The fraction of sp³-hybridized carbons (Fsp3) is 0.364. The van der Waals surface area contributed by atoms with Crippen molar-refractivity contribution in [2.24, 2.45) is 5.92 Å². The molecule has 0 saturated carbocycles. The first kappa shape index (κ1) is 22.6. The molecular weight excluding hydrogens is 416 g/mol. The summed E-state index contributed by atoms with van der Waals surface area (Å²) in [6.45, 7) is 1.61. The van der Waals surface area contributed by atoms with Crippen LogP contribution in [-0.4, -0.2) is 60.6 Å². The number of ether oxygens (including phenoxy) is 1. The number of benzene rings is 1. The zero-order valence-corrected chi connectivity index (χ0v) is 18.4. The summed E-state index contributed by atoms with van der Waals surface area (Å²) in [7, 11) is 1.50. The van der Waals surface area contributed by atoms with Gasteiger partial charge < -0.3 is 20.3 Å². The van der Waals surface area contributed by atoms with Crippen LogP contribution >= 0.6 is 11.8 Å². The molecule has 31 heavy (non-hydrogen) atoms. The number of hydrogen-bond acceptors (Lipinski definition) is 6. The first-order valence-electron chi connectivity index (χ1n) is 10.0. The number of piperidine rings is 1. The summed E-state index contributed by atoms with van der Waals surface area (Å²) in [6.07, 6.45) is 5.10. The average molecular weight is 443 g/mol. The number of methoxy groups -OCH3 is 1. The topological polar surface area (TPSA) is 101 Å². The van der Waals surface area contributed by atoms with Crippen LogP contribution in [0.3, 0.4) is 0 Å². The van der Waals surface area contributed by atoms with Gasteiger partial charge in [0.1, 0.15) is 10.8 Å². The normalized spacial score (nSPS) is 14.1. The average Bonchev–Trinajstić information content (AvgIpc) is 2.82. The largest absolute Gasteiger partial charge is 0.495 e. The summed E-state index contributed by atoms with van der Waals surface area (Å²) < 4.78 is 5.17. The van der Waals surface area contributed by atoms with E-state index in [4.69, 9.17) is 4.74 Å². The van der Waals surface area contributed by atoms with Crippen molar-refractivity contribution < 1.29 is 19.1 Å². The summed E-state index contributed by atoms with van der Waals surface area (Å²) in [5.74, 6) is -0.751. The highest BCUT2D eigenvalue weighted by atomic mass is 32.2. The number of rotatable bonds is 6. The van der Waals surface area contributed by atoms with Crippen LogP contribution in [0.2, 0.25) is 0 Å². The number of pyridine rings is 1. The Balaban J connectivity index is 1.46. The molecule has 3 rings (SSSR count). The minimum absolute atomic E-state index is 0.0175. The van der Waals surface area contributed by atoms with E-state index in [1.54, 1.807) is 42.6 Å². The van der Waals surface area contributed by atoms with E-state index in [9.17, 15) is 14.4 Å². The van der Waals surface area contributed by atoms with E-state index in [1.807, 2.05) is 11.2 Å². The van der Waals surface area contributed by atoms with E-state index in [0.717, 1.165) is 17.9 Å². The Bertz CT molecular complexity index is 945. The van der Waals surface area contributed by atoms with Gasteiger partial charge in [-0.2, -0.15) is 0 Å². The standard InChI is InChI=1S/C22H26N4O4S/c1-30-18-8-4-3-7-17(18)25-20(28)19(27)24-14-15-9-12-26(13-10-15)22(29)16-6-5-11-23-21(16)31-2/h3-8,11,15H,9-10,12-14H2,1-2H3,(H,24,27)(H,25,28). The molecule has 2 N–H and O–H groups in total. The number of carbonyl (C=O) groups excluding carboxylic acids is 3. The highest BCUT2D eigenvalue weighted by molar-refractivity contribution is 7.98. The molecule has 2 heterocycles. The third-order valence-corrected chi connectivity index (χ3v) is 5.92. The number of nitrogens with one attached hydrogen (secondary N) is 2. The lowest BCUT2D eigenvalue weighted by Gasteiger charge is -2.32. The zero-order valence-electron chi connectivity index (χ0n) is 17.6. The van der Waals surface area contributed by atoms with Gasteiger partial charge in [-0.15, -0.1) is 11.8 Å². The van der Waals surface area contributed by atoms with Gasteiger partial charge in [-0.05, 0) is 49.3 Å². The molecule has 2 aromatic rings. The van der Waals surface area contributed by atoms with Crippen molar-refractivity contribution in [3.63, 3.8) is 0 Å². The van der Waals surface area contributed by atoms with Crippen LogP contribution in [0.15, 0.2) is 47.6 Å². The third kappa shape index (κ3) is 5.75. The van der Waals surface area contributed by atoms with Gasteiger partial charge in [0.25, 0.3) is 5.91 Å². The second kappa shape index (κ2) is 10.8. The number of thioether (sulfide) groups is 1. The number of nitrogens with zero attached hydrogens (tertiary/aromatic N) is 2. The van der Waals surface area contributed by atoms with Gasteiger partial charge in [-0.25, -0.2) is 4.98 Å². The first-order chi connectivity index (χ1) is 15.0. The molecule has 8 nitrogen and oxygen atoms in total. The molecule has 0 radical (unpaired) electrons. The first-order valence-corrected chi connectivity index (χ1v) is 11.3. The Hall–Kier alpha value is -3.07. The smallest absolute Gasteiger partial charge is 0.313 e. The van der Waals surface area contributed by atoms with E-state index in [0.29, 0.717) is 36.6 Å². The number of hydrogen-bond donors (Lipinski definition) is 2. The van der Waals surface area contributed by atoms with Crippen LogP contribution in [0.4, 0.5) is 5.69 Å². The second-order valence-corrected chi connectivity index (χ2v) is 7.96. The Kier molecular flexibility index (Phi) is 7.88. The van der Waals surface area contributed by atoms with Gasteiger partial charge in [-0.1, -0.05) is 12.1 Å². The lowest BCUT2D eigenvalue weighted by Crippen LogP contribution is -2.43. The van der Waals surface area contributed by atoms with Crippen molar-refractivity contribution in [1.82, 2.24) is 15.2 Å². The van der Waals surface area contributed by atoms with E-state index in [-0.39, 0.29) is 11.8 Å². The molecule has 0 aliphatic carbocycles. The number of carbonyl (C=O) groups is 3. The number of amides is 3. The van der Waals surface area contributed by atoms with Crippen molar-refractivity contribution in [2.45, 2.75) is 17.9 Å². The molecule has 3 amide bonds. The molecular formula is C22H26N4O4S. The maximum Gasteiger partial charge on any atom is 0.313 e. The minimum atomic E-state index is -0.738. The molecule has 1 aromatic heterocycles. The molecule has 1 aromatic carbocycles. The molecule has 164 valence electrons. The zero-order chi connectivity index (χ0) is 22.2. The van der Waals surface area contributed by atoms with Crippen LogP contribution in [-0.2, 0) is 9.59 Å². The predicted molar refractivity (Wildman–Crippen MR) is 119 cm³/mol. The molecule has 0 bridgehead atoms. The molecule has 9 heteroatoms. The number of likely N-dealkylation sites (tertiary alicyclic amines) is 1. The summed E-state index contributed by atoms with van der Waals surface area (Å²) in [5, 5.41) is 5.98. The Morgan fingerprint density at radius 2 is 1.87 bits per heavy atom. The van der Waals surface area contributed by atoms with Crippen LogP contribution in [0.5, 0.6) is 5.75 Å². The second-order valence-electron chi connectivity index (χ2n) is 7.16. The molecule has 0 unspecified atom stereocenters. The van der Waals surface area contributed by atoms with Gasteiger partial charge in [0.15, 0.2) is 0 Å². The monoisotopic (exact) mass is 442 g/mol. The van der Waals surface area contributed by atoms with Crippen molar-refractivity contribution in [1.29, 1.82) is 0 Å². The highest BCUT2D eigenvalue weighted by Crippen LogP contribution is 2.24. The predicted octanol–water partition coefficient (Wildman–Crippen LogP) is 2.42. The van der Waals surface area contributed by atoms with Gasteiger partial charge in [0, 0.05) is 25.8 Å². The maximum atomic E-state index is 12.8. The Labute approximate surface area is 185 Å². The molecule has 1 aliphatic rings. The van der Waals surface area contributed by atoms with E-state index in [1.165, 1.54) is 18.9 Å². The SMILES string of the molecule is COc1ccccc1NC(=O)C(=O)NCC1CCN(C(=O)c2cccnc2SC)CC1. The summed E-state index contributed by atoms with van der Waals surface area (Å²) in [6, 6.07) is 10.5. The van der Waals surface area contributed by atoms with E-state index < -0.39 is 11.8 Å². The Morgan fingerprint density at radius 1 is 1.13 bits per heavy atom. The summed E-state index contributed by atoms with van der Waals surface area (Å²) in [5.41, 5.74) is 1.06.